The van der Waals surface area contributed by atoms with Crippen molar-refractivity contribution in [3.8, 4) is 6.07 Å². The van der Waals surface area contributed by atoms with E-state index in [1.807, 2.05) is 6.92 Å². The van der Waals surface area contributed by atoms with Crippen molar-refractivity contribution < 1.29 is 16.8 Å². The third-order valence-electron chi connectivity index (χ3n) is 3.12. The van der Waals surface area contributed by atoms with Gasteiger partial charge in [0.25, 0.3) is 10.0 Å². The lowest BCUT2D eigenvalue weighted by Gasteiger charge is -2.10. The quantitative estimate of drug-likeness (QED) is 0.909. The number of nitrogens with one attached hydrogen (secondary N) is 1. The standard InChI is InChI=1S/C15H14N2O4S2/c1-11-3-5-13(6-4-11)23(20,21)17-15-8-7-14(22(2,18)19)9-12(15)10-16/h3-9,17H,1-2H3. The molecule has 0 aliphatic carbocycles. The van der Waals surface area contributed by atoms with Gasteiger partial charge in [0.2, 0.25) is 0 Å². The fourth-order valence-corrected chi connectivity index (χ4v) is 3.58. The first-order valence-corrected chi connectivity index (χ1v) is 9.84. The second-order valence-corrected chi connectivity index (χ2v) is 8.71. The van der Waals surface area contributed by atoms with Crippen LogP contribution in [-0.4, -0.2) is 23.1 Å². The van der Waals surface area contributed by atoms with E-state index in [-0.39, 0.29) is 21.0 Å². The van der Waals surface area contributed by atoms with Gasteiger partial charge in [-0.1, -0.05) is 17.7 Å². The summed E-state index contributed by atoms with van der Waals surface area (Å²) in [5, 5.41) is 9.13. The number of aryl methyl sites for hydroxylation is 1. The molecule has 8 heteroatoms. The molecule has 0 radical (unpaired) electrons. The minimum Gasteiger partial charge on any atom is -0.278 e. The third kappa shape index (κ3) is 3.88. The summed E-state index contributed by atoms with van der Waals surface area (Å²) in [5.41, 5.74) is 0.878. The minimum atomic E-state index is -3.86. The lowest BCUT2D eigenvalue weighted by molar-refractivity contribution is 0.600. The molecule has 0 atom stereocenters. The van der Waals surface area contributed by atoms with E-state index in [0.29, 0.717) is 0 Å². The number of hydrogen-bond donors (Lipinski definition) is 1. The summed E-state index contributed by atoms with van der Waals surface area (Å²) in [7, 11) is -7.34. The zero-order valence-electron chi connectivity index (χ0n) is 12.4. The van der Waals surface area contributed by atoms with Gasteiger partial charge in [-0.2, -0.15) is 5.26 Å². The monoisotopic (exact) mass is 350 g/mol. The first kappa shape index (κ1) is 17.0. The Hall–Kier alpha value is -2.37. The molecule has 0 saturated carbocycles. The fraction of sp³-hybridized carbons (Fsp3) is 0.133. The van der Waals surface area contributed by atoms with E-state index >= 15 is 0 Å². The smallest absolute Gasteiger partial charge is 0.261 e. The Bertz CT molecular complexity index is 987. The molecule has 1 N–H and O–H groups in total. The summed E-state index contributed by atoms with van der Waals surface area (Å²) in [6.45, 7) is 1.83. The number of anilines is 1. The van der Waals surface area contributed by atoms with Crippen LogP contribution in [0.5, 0.6) is 0 Å². The second kappa shape index (κ2) is 6.02. The Kier molecular flexibility index (Phi) is 4.45. The molecule has 6 nitrogen and oxygen atoms in total. The van der Waals surface area contributed by atoms with Gasteiger partial charge in [0.15, 0.2) is 9.84 Å². The van der Waals surface area contributed by atoms with Crippen LogP contribution in [0.3, 0.4) is 0 Å². The molecule has 0 heterocycles. The van der Waals surface area contributed by atoms with Crippen molar-refractivity contribution in [2.45, 2.75) is 16.7 Å². The molecule has 0 fully saturated rings. The summed E-state index contributed by atoms with van der Waals surface area (Å²) in [6.07, 6.45) is 1.01. The highest BCUT2D eigenvalue weighted by Gasteiger charge is 2.17. The van der Waals surface area contributed by atoms with Gasteiger partial charge in [0.05, 0.1) is 21.0 Å². The van der Waals surface area contributed by atoms with Gasteiger partial charge >= 0.3 is 0 Å². The maximum Gasteiger partial charge on any atom is 0.261 e. The highest BCUT2D eigenvalue weighted by atomic mass is 32.2. The van der Waals surface area contributed by atoms with E-state index in [1.54, 1.807) is 18.2 Å². The zero-order valence-corrected chi connectivity index (χ0v) is 14.1. The van der Waals surface area contributed by atoms with E-state index in [1.165, 1.54) is 24.3 Å². The predicted octanol–water partition coefficient (Wildman–Crippen LogP) is 2.07. The molecule has 0 aromatic heterocycles. The SMILES string of the molecule is Cc1ccc(S(=O)(=O)Nc2ccc(S(C)(=O)=O)cc2C#N)cc1. The van der Waals surface area contributed by atoms with Crippen LogP contribution in [0.25, 0.3) is 0 Å². The molecular weight excluding hydrogens is 336 g/mol. The molecule has 0 unspecified atom stereocenters. The van der Waals surface area contributed by atoms with Crippen molar-refractivity contribution in [3.63, 3.8) is 0 Å². The Morgan fingerprint density at radius 1 is 0.957 bits per heavy atom. The van der Waals surface area contributed by atoms with Gasteiger partial charge < -0.3 is 0 Å². The maximum absolute atomic E-state index is 12.3. The van der Waals surface area contributed by atoms with Gasteiger partial charge in [0.1, 0.15) is 6.07 Å². The molecule has 0 aliphatic heterocycles. The number of hydrogen-bond acceptors (Lipinski definition) is 5. The number of rotatable bonds is 4. The Morgan fingerprint density at radius 3 is 2.04 bits per heavy atom. The van der Waals surface area contributed by atoms with Crippen molar-refractivity contribution in [3.05, 3.63) is 53.6 Å². The molecule has 0 amide bonds. The first-order chi connectivity index (χ1) is 10.6. The molecule has 0 saturated heterocycles. The normalized spacial score (nSPS) is 11.7. The van der Waals surface area contributed by atoms with Gasteiger partial charge in [-0.15, -0.1) is 0 Å². The van der Waals surface area contributed by atoms with Gasteiger partial charge in [-0.3, -0.25) is 4.72 Å². The number of benzene rings is 2. The van der Waals surface area contributed by atoms with Crippen LogP contribution in [0.4, 0.5) is 5.69 Å². The lowest BCUT2D eigenvalue weighted by Crippen LogP contribution is -2.14. The van der Waals surface area contributed by atoms with Gasteiger partial charge in [0, 0.05) is 6.26 Å². The van der Waals surface area contributed by atoms with Crippen molar-refractivity contribution in [2.75, 3.05) is 11.0 Å². The molecule has 0 aliphatic rings. The molecule has 2 aromatic rings. The predicted molar refractivity (Wildman–Crippen MR) is 86.3 cm³/mol. The number of sulfone groups is 1. The number of nitriles is 1. The van der Waals surface area contributed by atoms with Crippen LogP contribution in [0, 0.1) is 18.3 Å². The van der Waals surface area contributed by atoms with Gasteiger partial charge in [-0.25, -0.2) is 16.8 Å². The summed E-state index contributed by atoms with van der Waals surface area (Å²) in [6, 6.07) is 11.7. The van der Waals surface area contributed by atoms with Crippen LogP contribution < -0.4 is 4.72 Å². The average molecular weight is 350 g/mol. The zero-order chi connectivity index (χ0) is 17.3. The number of nitrogens with zero attached hydrogens (tertiary/aromatic N) is 1. The highest BCUT2D eigenvalue weighted by Crippen LogP contribution is 2.23. The van der Waals surface area contributed by atoms with Crippen molar-refractivity contribution in [2.24, 2.45) is 0 Å². The molecular formula is C15H14N2O4S2. The van der Waals surface area contributed by atoms with Crippen molar-refractivity contribution in [1.82, 2.24) is 0 Å². The summed E-state index contributed by atoms with van der Waals surface area (Å²) in [4.78, 5) is 0.00603. The number of sulfonamides is 1. The second-order valence-electron chi connectivity index (χ2n) is 5.01. The Morgan fingerprint density at radius 2 is 1.52 bits per heavy atom. The fourth-order valence-electron chi connectivity index (χ4n) is 1.86. The largest absolute Gasteiger partial charge is 0.278 e. The van der Waals surface area contributed by atoms with Crippen LogP contribution in [-0.2, 0) is 19.9 Å². The van der Waals surface area contributed by atoms with E-state index in [2.05, 4.69) is 4.72 Å². The lowest BCUT2D eigenvalue weighted by atomic mass is 10.2. The van der Waals surface area contributed by atoms with Crippen molar-refractivity contribution >= 4 is 25.5 Å². The van der Waals surface area contributed by atoms with Crippen LogP contribution in [0.15, 0.2) is 52.3 Å². The summed E-state index contributed by atoms with van der Waals surface area (Å²) in [5.74, 6) is 0. The molecule has 2 rings (SSSR count). The molecule has 120 valence electrons. The van der Waals surface area contributed by atoms with Crippen LogP contribution >= 0.6 is 0 Å². The Labute approximate surface area is 135 Å². The van der Waals surface area contributed by atoms with Crippen LogP contribution in [0.1, 0.15) is 11.1 Å². The minimum absolute atomic E-state index is 0.0282. The average Bonchev–Trinajstić information content (AvgIpc) is 2.46. The van der Waals surface area contributed by atoms with Gasteiger partial charge in [-0.05, 0) is 37.3 Å². The summed E-state index contributed by atoms with van der Waals surface area (Å²) < 4.78 is 50.0. The topological polar surface area (TPSA) is 104 Å². The molecule has 0 spiro atoms. The van der Waals surface area contributed by atoms with E-state index in [4.69, 9.17) is 5.26 Å². The highest BCUT2D eigenvalue weighted by molar-refractivity contribution is 7.92. The van der Waals surface area contributed by atoms with E-state index in [0.717, 1.165) is 17.9 Å². The van der Waals surface area contributed by atoms with E-state index < -0.39 is 19.9 Å². The molecule has 0 bridgehead atoms. The van der Waals surface area contributed by atoms with Crippen molar-refractivity contribution in [1.29, 1.82) is 5.26 Å². The summed E-state index contributed by atoms with van der Waals surface area (Å²) >= 11 is 0. The Balaban J connectivity index is 2.44. The molecule has 23 heavy (non-hydrogen) atoms. The van der Waals surface area contributed by atoms with Crippen LogP contribution in [0.2, 0.25) is 0 Å². The third-order valence-corrected chi connectivity index (χ3v) is 5.61. The maximum atomic E-state index is 12.3. The van der Waals surface area contributed by atoms with E-state index in [9.17, 15) is 16.8 Å². The first-order valence-electron chi connectivity index (χ1n) is 6.47. The molecule has 2 aromatic carbocycles.